The van der Waals surface area contributed by atoms with Gasteiger partial charge in [-0.3, -0.25) is 0 Å². The number of benzene rings is 1. The van der Waals surface area contributed by atoms with Gasteiger partial charge in [0.25, 0.3) is 0 Å². The van der Waals surface area contributed by atoms with E-state index in [1.54, 1.807) is 0 Å². The zero-order valence-corrected chi connectivity index (χ0v) is 17.4. The fourth-order valence-electron chi connectivity index (χ4n) is 5.62. The van der Waals surface area contributed by atoms with Gasteiger partial charge in [0.2, 0.25) is 0 Å². The molecule has 0 N–H and O–H groups in total. The maximum absolute atomic E-state index is 5.58. The van der Waals surface area contributed by atoms with Crippen LogP contribution in [0.5, 0.6) is 5.75 Å². The van der Waals surface area contributed by atoms with Gasteiger partial charge in [-0.1, -0.05) is 45.2 Å². The van der Waals surface area contributed by atoms with Crippen LogP contribution in [0.3, 0.4) is 0 Å². The lowest BCUT2D eigenvalue weighted by molar-refractivity contribution is 0.172. The van der Waals surface area contributed by atoms with Crippen molar-refractivity contribution in [3.8, 4) is 5.75 Å². The van der Waals surface area contributed by atoms with Crippen LogP contribution >= 0.6 is 0 Å². The van der Waals surface area contributed by atoms with Crippen LogP contribution in [-0.4, -0.2) is 6.61 Å². The Bertz CT molecular complexity index is 503. The molecule has 1 atom stereocenters. The summed E-state index contributed by atoms with van der Waals surface area (Å²) in [6, 6.07) is 8.90. The molecule has 1 aromatic carbocycles. The number of hydrogen-bond donors (Lipinski definition) is 0. The highest BCUT2D eigenvalue weighted by Crippen LogP contribution is 2.42. The third-order valence-electron chi connectivity index (χ3n) is 7.49. The van der Waals surface area contributed by atoms with Crippen molar-refractivity contribution in [2.45, 2.75) is 90.9 Å². The predicted octanol–water partition coefficient (Wildman–Crippen LogP) is 7.60. The quantitative estimate of drug-likeness (QED) is 0.488. The largest absolute Gasteiger partial charge is 0.494 e. The van der Waals surface area contributed by atoms with E-state index in [1.165, 1.54) is 69.8 Å². The Balaban J connectivity index is 1.42. The molecular weight excluding hydrogens is 316 g/mol. The van der Waals surface area contributed by atoms with E-state index in [2.05, 4.69) is 38.1 Å². The van der Waals surface area contributed by atoms with E-state index in [9.17, 15) is 0 Å². The molecule has 2 fully saturated rings. The lowest BCUT2D eigenvalue weighted by Gasteiger charge is -2.35. The molecule has 2 aliphatic carbocycles. The fourth-order valence-corrected chi connectivity index (χ4v) is 5.62. The Kier molecular flexibility index (Phi) is 7.46. The number of ether oxygens (including phenoxy) is 1. The summed E-state index contributed by atoms with van der Waals surface area (Å²) in [5.41, 5.74) is 1.53. The second-order valence-electron chi connectivity index (χ2n) is 9.12. The maximum atomic E-state index is 5.58. The molecule has 0 spiro atoms. The first kappa shape index (κ1) is 19.8. The van der Waals surface area contributed by atoms with Crippen molar-refractivity contribution in [1.82, 2.24) is 0 Å². The van der Waals surface area contributed by atoms with Gasteiger partial charge in [-0.05, 0) is 99.2 Å². The van der Waals surface area contributed by atoms with Gasteiger partial charge in [-0.25, -0.2) is 0 Å². The molecule has 1 unspecified atom stereocenters. The van der Waals surface area contributed by atoms with E-state index in [0.717, 1.165) is 41.9 Å². The highest BCUT2D eigenvalue weighted by molar-refractivity contribution is 5.29. The molecule has 0 bridgehead atoms. The molecule has 2 saturated carbocycles. The van der Waals surface area contributed by atoms with E-state index in [0.29, 0.717) is 0 Å². The van der Waals surface area contributed by atoms with Crippen molar-refractivity contribution in [3.63, 3.8) is 0 Å². The fraction of sp³-hybridized carbons (Fsp3) is 0.760. The van der Waals surface area contributed by atoms with Crippen LogP contribution in [0.15, 0.2) is 24.3 Å². The lowest BCUT2D eigenvalue weighted by Crippen LogP contribution is -2.23. The van der Waals surface area contributed by atoms with Gasteiger partial charge in [0.05, 0.1) is 6.61 Å². The zero-order valence-electron chi connectivity index (χ0n) is 17.4. The molecule has 1 nitrogen and oxygen atoms in total. The van der Waals surface area contributed by atoms with Gasteiger partial charge in [0.1, 0.15) is 5.75 Å². The summed E-state index contributed by atoms with van der Waals surface area (Å²) in [7, 11) is 0. The summed E-state index contributed by atoms with van der Waals surface area (Å²) in [4.78, 5) is 0. The van der Waals surface area contributed by atoms with Gasteiger partial charge in [-0.15, -0.1) is 0 Å². The molecule has 0 saturated heterocycles. The average molecular weight is 357 g/mol. The summed E-state index contributed by atoms with van der Waals surface area (Å²) in [5.74, 6) is 5.76. The van der Waals surface area contributed by atoms with Crippen molar-refractivity contribution >= 4 is 0 Å². The van der Waals surface area contributed by atoms with E-state index in [-0.39, 0.29) is 0 Å². The monoisotopic (exact) mass is 356 g/mol. The molecule has 0 amide bonds. The van der Waals surface area contributed by atoms with Gasteiger partial charge in [0.15, 0.2) is 0 Å². The van der Waals surface area contributed by atoms with Gasteiger partial charge >= 0.3 is 0 Å². The highest BCUT2D eigenvalue weighted by Gasteiger charge is 2.28. The minimum absolute atomic E-state index is 0.753. The molecule has 1 aromatic rings. The smallest absolute Gasteiger partial charge is 0.119 e. The Labute approximate surface area is 161 Å². The second kappa shape index (κ2) is 9.81. The third-order valence-corrected chi connectivity index (χ3v) is 7.49. The minimum atomic E-state index is 0.753. The third kappa shape index (κ3) is 5.27. The van der Waals surface area contributed by atoms with Crippen LogP contribution in [0, 0.1) is 23.7 Å². The van der Waals surface area contributed by atoms with E-state index in [1.807, 2.05) is 6.92 Å². The molecule has 3 rings (SSSR count). The Morgan fingerprint density at radius 1 is 0.846 bits per heavy atom. The molecule has 0 aromatic heterocycles. The molecule has 146 valence electrons. The lowest BCUT2D eigenvalue weighted by atomic mass is 9.70. The van der Waals surface area contributed by atoms with Crippen molar-refractivity contribution in [2.75, 3.05) is 6.61 Å². The van der Waals surface area contributed by atoms with Crippen molar-refractivity contribution in [1.29, 1.82) is 0 Å². The van der Waals surface area contributed by atoms with Crippen LogP contribution in [0.25, 0.3) is 0 Å². The van der Waals surface area contributed by atoms with Crippen molar-refractivity contribution in [2.24, 2.45) is 23.7 Å². The highest BCUT2D eigenvalue weighted by atomic mass is 16.5. The SMILES string of the molecule is CCOc1ccc(C2CCC(CC(C)C3CCC(CC)CC3)CC2)cc1. The van der Waals surface area contributed by atoms with Crippen LogP contribution < -0.4 is 4.74 Å². The Hall–Kier alpha value is -0.980. The first-order chi connectivity index (χ1) is 12.7. The normalized spacial score (nSPS) is 30.7. The topological polar surface area (TPSA) is 9.23 Å². The molecule has 0 heterocycles. The zero-order chi connectivity index (χ0) is 18.4. The minimum Gasteiger partial charge on any atom is -0.494 e. The van der Waals surface area contributed by atoms with Crippen molar-refractivity contribution in [3.05, 3.63) is 29.8 Å². The summed E-state index contributed by atoms with van der Waals surface area (Å²) in [6.45, 7) is 7.72. The van der Waals surface area contributed by atoms with E-state index < -0.39 is 0 Å². The number of rotatable bonds is 7. The second-order valence-corrected chi connectivity index (χ2v) is 9.12. The Morgan fingerprint density at radius 2 is 1.46 bits per heavy atom. The predicted molar refractivity (Wildman–Crippen MR) is 112 cm³/mol. The first-order valence-corrected chi connectivity index (χ1v) is 11.4. The summed E-state index contributed by atoms with van der Waals surface area (Å²) in [6.07, 6.45) is 14.5. The summed E-state index contributed by atoms with van der Waals surface area (Å²) >= 11 is 0. The van der Waals surface area contributed by atoms with Crippen LogP contribution in [0.1, 0.15) is 96.5 Å². The van der Waals surface area contributed by atoms with E-state index in [4.69, 9.17) is 4.74 Å². The molecule has 0 aliphatic heterocycles. The molecule has 1 heteroatoms. The van der Waals surface area contributed by atoms with Crippen LogP contribution in [0.2, 0.25) is 0 Å². The number of hydrogen-bond acceptors (Lipinski definition) is 1. The Morgan fingerprint density at radius 3 is 2.04 bits per heavy atom. The maximum Gasteiger partial charge on any atom is 0.119 e. The van der Waals surface area contributed by atoms with Crippen LogP contribution in [-0.2, 0) is 0 Å². The molecular formula is C25H40O. The van der Waals surface area contributed by atoms with Crippen LogP contribution in [0.4, 0.5) is 0 Å². The van der Waals surface area contributed by atoms with Crippen molar-refractivity contribution < 1.29 is 4.74 Å². The molecule has 0 radical (unpaired) electrons. The molecule has 2 aliphatic rings. The summed E-state index contributed by atoms with van der Waals surface area (Å²) < 4.78 is 5.58. The van der Waals surface area contributed by atoms with Gasteiger partial charge < -0.3 is 4.74 Å². The van der Waals surface area contributed by atoms with E-state index >= 15 is 0 Å². The van der Waals surface area contributed by atoms with Gasteiger partial charge in [-0.2, -0.15) is 0 Å². The summed E-state index contributed by atoms with van der Waals surface area (Å²) in [5, 5.41) is 0. The van der Waals surface area contributed by atoms with Gasteiger partial charge in [0, 0.05) is 0 Å². The molecule has 26 heavy (non-hydrogen) atoms. The first-order valence-electron chi connectivity index (χ1n) is 11.4. The average Bonchev–Trinajstić information content (AvgIpc) is 2.69. The standard InChI is InChI=1S/C25H40O/c1-4-20-6-10-22(11-7-20)19(3)18-21-8-12-23(13-9-21)24-14-16-25(17-15-24)26-5-2/h14-17,19-23H,4-13,18H2,1-3H3.